The molecule has 3 aromatic rings. The Bertz CT molecular complexity index is 934. The quantitative estimate of drug-likeness (QED) is 0.354. The van der Waals surface area contributed by atoms with Crippen molar-refractivity contribution in [3.8, 4) is 11.5 Å². The Kier molecular flexibility index (Phi) is 6.13. The van der Waals surface area contributed by atoms with Gasteiger partial charge in [0.1, 0.15) is 17.3 Å². The molecule has 0 aliphatic carbocycles. The summed E-state index contributed by atoms with van der Waals surface area (Å²) in [6.45, 7) is 0. The summed E-state index contributed by atoms with van der Waals surface area (Å²) in [6.07, 6.45) is 0. The molecule has 0 radical (unpaired) electrons. The first-order valence-corrected chi connectivity index (χ1v) is 9.26. The number of carbonyl (C=O) groups excluding carboxylic acids is 1. The second-order valence-corrected chi connectivity index (χ2v) is 6.68. The largest absolute Gasteiger partial charge is 0.497 e. The molecule has 1 aromatic heterocycles. The molecule has 8 heteroatoms. The fraction of sp³-hybridized carbons (Fsp3) is 0.100. The van der Waals surface area contributed by atoms with Crippen molar-refractivity contribution in [1.29, 1.82) is 5.41 Å². The van der Waals surface area contributed by atoms with Crippen molar-refractivity contribution in [3.05, 3.63) is 64.9 Å². The van der Waals surface area contributed by atoms with Crippen LogP contribution >= 0.6 is 11.3 Å². The number of ether oxygens (including phenoxy) is 2. The number of rotatable bonds is 6. The fourth-order valence-electron chi connectivity index (χ4n) is 2.44. The van der Waals surface area contributed by atoms with Crippen LogP contribution in [-0.4, -0.2) is 26.1 Å². The van der Waals surface area contributed by atoms with Gasteiger partial charge >= 0.3 is 6.03 Å². The second kappa shape index (κ2) is 8.92. The highest BCUT2D eigenvalue weighted by Gasteiger charge is 2.07. The lowest BCUT2D eigenvalue weighted by molar-refractivity contribution is 0.262. The Labute approximate surface area is 166 Å². The molecule has 0 saturated heterocycles. The van der Waals surface area contributed by atoms with E-state index in [2.05, 4.69) is 16.0 Å². The van der Waals surface area contributed by atoms with Crippen LogP contribution in [0, 0.1) is 5.41 Å². The lowest BCUT2D eigenvalue weighted by Gasteiger charge is -2.11. The minimum Gasteiger partial charge on any atom is -0.497 e. The van der Waals surface area contributed by atoms with Gasteiger partial charge in [-0.25, -0.2) is 4.79 Å². The number of thiophene rings is 1. The number of amides is 2. The summed E-state index contributed by atoms with van der Waals surface area (Å²) < 4.78 is 10.4. The highest BCUT2D eigenvalue weighted by Crippen LogP contribution is 2.26. The van der Waals surface area contributed by atoms with Gasteiger partial charge in [0.25, 0.3) is 0 Å². The van der Waals surface area contributed by atoms with Crippen LogP contribution < -0.4 is 25.4 Å². The van der Waals surface area contributed by atoms with Crippen LogP contribution in [0.15, 0.2) is 60.0 Å². The highest BCUT2D eigenvalue weighted by molar-refractivity contribution is 7.12. The van der Waals surface area contributed by atoms with E-state index >= 15 is 0 Å². The summed E-state index contributed by atoms with van der Waals surface area (Å²) in [5.41, 5.74) is 1.94. The van der Waals surface area contributed by atoms with Crippen LogP contribution in [-0.2, 0) is 0 Å². The normalized spacial score (nSPS) is 10.1. The van der Waals surface area contributed by atoms with E-state index in [4.69, 9.17) is 14.9 Å². The molecular formula is C20H20N4O3S. The molecule has 0 spiro atoms. The molecule has 1 heterocycles. The maximum atomic E-state index is 12.2. The summed E-state index contributed by atoms with van der Waals surface area (Å²) >= 11 is 1.50. The molecule has 2 amide bonds. The molecule has 0 saturated carbocycles. The van der Waals surface area contributed by atoms with Gasteiger partial charge in [0.05, 0.1) is 19.1 Å². The topological polar surface area (TPSA) is 95.5 Å². The molecule has 0 aliphatic rings. The van der Waals surface area contributed by atoms with Crippen LogP contribution in [0.1, 0.15) is 4.88 Å². The third-order valence-electron chi connectivity index (χ3n) is 3.79. The standard InChI is InChI=1S/C20H20N4O3S/c1-26-16-10-15(11-17(12-16)27-2)24-20(25)23-14-7-5-13(6-8-14)22-19(21)18-4-3-9-28-18/h3-12H,1-2H3,(H2,21,22)(H2,23,24,25). The Balaban J connectivity index is 1.59. The number of methoxy groups -OCH3 is 2. The molecule has 0 unspecified atom stereocenters. The average Bonchev–Trinajstić information content (AvgIpc) is 3.24. The number of benzene rings is 2. The molecule has 3 rings (SSSR count). The first kappa shape index (κ1) is 19.2. The Morgan fingerprint density at radius 1 is 0.857 bits per heavy atom. The number of nitrogens with one attached hydrogen (secondary N) is 4. The first-order chi connectivity index (χ1) is 13.6. The fourth-order valence-corrected chi connectivity index (χ4v) is 3.07. The molecular weight excluding hydrogens is 376 g/mol. The van der Waals surface area contributed by atoms with E-state index in [9.17, 15) is 4.79 Å². The van der Waals surface area contributed by atoms with Crippen molar-refractivity contribution in [1.82, 2.24) is 0 Å². The maximum absolute atomic E-state index is 12.2. The van der Waals surface area contributed by atoms with Crippen molar-refractivity contribution < 1.29 is 14.3 Å². The number of hydrogen-bond acceptors (Lipinski definition) is 5. The van der Waals surface area contributed by atoms with E-state index in [0.29, 0.717) is 28.7 Å². The van der Waals surface area contributed by atoms with E-state index in [1.165, 1.54) is 11.3 Å². The van der Waals surface area contributed by atoms with Gasteiger partial charge in [-0.2, -0.15) is 0 Å². The van der Waals surface area contributed by atoms with Gasteiger partial charge in [-0.15, -0.1) is 11.3 Å². The second-order valence-electron chi connectivity index (χ2n) is 5.74. The maximum Gasteiger partial charge on any atom is 0.323 e. The van der Waals surface area contributed by atoms with Crippen LogP contribution in [0.5, 0.6) is 11.5 Å². The van der Waals surface area contributed by atoms with Crippen LogP contribution in [0.2, 0.25) is 0 Å². The lowest BCUT2D eigenvalue weighted by Crippen LogP contribution is -2.19. The van der Waals surface area contributed by atoms with Crippen molar-refractivity contribution in [2.45, 2.75) is 0 Å². The number of urea groups is 1. The molecule has 0 bridgehead atoms. The van der Waals surface area contributed by atoms with Crippen molar-refractivity contribution in [2.24, 2.45) is 0 Å². The zero-order chi connectivity index (χ0) is 19.9. The SMILES string of the molecule is COc1cc(NC(=O)Nc2ccc(NC(=N)c3cccs3)cc2)cc(OC)c1. The van der Waals surface area contributed by atoms with Gasteiger partial charge in [0, 0.05) is 35.3 Å². The molecule has 0 atom stereocenters. The summed E-state index contributed by atoms with van der Waals surface area (Å²) in [6, 6.07) is 15.6. The summed E-state index contributed by atoms with van der Waals surface area (Å²) in [5.74, 6) is 1.50. The Hall–Kier alpha value is -3.52. The summed E-state index contributed by atoms with van der Waals surface area (Å²) in [4.78, 5) is 13.1. The highest BCUT2D eigenvalue weighted by atomic mass is 32.1. The number of hydrogen-bond donors (Lipinski definition) is 4. The van der Waals surface area contributed by atoms with Gasteiger partial charge < -0.3 is 25.4 Å². The average molecular weight is 396 g/mol. The zero-order valence-electron chi connectivity index (χ0n) is 15.4. The van der Waals surface area contributed by atoms with Gasteiger partial charge in [-0.1, -0.05) is 6.07 Å². The van der Waals surface area contributed by atoms with Gasteiger partial charge in [0.15, 0.2) is 0 Å². The van der Waals surface area contributed by atoms with Crippen molar-refractivity contribution in [2.75, 3.05) is 30.2 Å². The Morgan fingerprint density at radius 3 is 1.96 bits per heavy atom. The molecule has 144 valence electrons. The third-order valence-corrected chi connectivity index (χ3v) is 4.68. The van der Waals surface area contributed by atoms with Crippen LogP contribution in [0.3, 0.4) is 0 Å². The van der Waals surface area contributed by atoms with E-state index in [0.717, 1.165) is 10.6 Å². The number of anilines is 3. The zero-order valence-corrected chi connectivity index (χ0v) is 16.2. The van der Waals surface area contributed by atoms with Gasteiger partial charge in [-0.3, -0.25) is 5.41 Å². The summed E-state index contributed by atoms with van der Waals surface area (Å²) in [7, 11) is 3.10. The van der Waals surface area contributed by atoms with Crippen LogP contribution in [0.25, 0.3) is 0 Å². The predicted molar refractivity (Wildman–Crippen MR) is 113 cm³/mol. The summed E-state index contributed by atoms with van der Waals surface area (Å²) in [5, 5.41) is 18.5. The van der Waals surface area contributed by atoms with E-state index in [-0.39, 0.29) is 6.03 Å². The smallest absolute Gasteiger partial charge is 0.323 e. The molecule has 0 fully saturated rings. The van der Waals surface area contributed by atoms with E-state index in [1.807, 2.05) is 17.5 Å². The minimum atomic E-state index is -0.387. The van der Waals surface area contributed by atoms with Gasteiger partial charge in [0.2, 0.25) is 0 Å². The predicted octanol–water partition coefficient (Wildman–Crippen LogP) is 4.85. The first-order valence-electron chi connectivity index (χ1n) is 8.38. The third kappa shape index (κ3) is 5.01. The van der Waals surface area contributed by atoms with E-state index in [1.54, 1.807) is 56.7 Å². The van der Waals surface area contributed by atoms with E-state index < -0.39 is 0 Å². The molecule has 0 aliphatic heterocycles. The molecule has 4 N–H and O–H groups in total. The van der Waals surface area contributed by atoms with Crippen LogP contribution in [0.4, 0.5) is 21.9 Å². The minimum absolute atomic E-state index is 0.334. The molecule has 2 aromatic carbocycles. The Morgan fingerprint density at radius 2 is 1.43 bits per heavy atom. The number of amidine groups is 1. The van der Waals surface area contributed by atoms with Crippen molar-refractivity contribution in [3.63, 3.8) is 0 Å². The lowest BCUT2D eigenvalue weighted by atomic mass is 10.2. The van der Waals surface area contributed by atoms with Gasteiger partial charge in [-0.05, 0) is 35.7 Å². The molecule has 28 heavy (non-hydrogen) atoms. The molecule has 7 nitrogen and oxygen atoms in total. The monoisotopic (exact) mass is 396 g/mol. The number of carbonyl (C=O) groups is 1. The van der Waals surface area contributed by atoms with Crippen molar-refractivity contribution >= 4 is 40.3 Å².